The molecule has 2 amide bonds. The lowest BCUT2D eigenvalue weighted by Gasteiger charge is -2.53. The molecule has 2 fully saturated rings. The van der Waals surface area contributed by atoms with Crippen molar-refractivity contribution in [3.63, 3.8) is 0 Å². The van der Waals surface area contributed by atoms with Gasteiger partial charge in [-0.3, -0.25) is 14.4 Å². The molecule has 4 N–H and O–H groups in total. The molecule has 3 unspecified atom stereocenters. The Morgan fingerprint density at radius 2 is 2.30 bits per heavy atom. The van der Waals surface area contributed by atoms with Gasteiger partial charge in [-0.1, -0.05) is 29.1 Å². The number of carboxylic acids is 1. The highest BCUT2D eigenvalue weighted by atomic mass is 32.2. The number of fused-ring (bicyclic) bond motifs is 1. The number of oxime groups is 1. The Bertz CT molecular complexity index is 1360. The molecule has 5 rings (SSSR count). The fourth-order valence-electron chi connectivity index (χ4n) is 4.45. The van der Waals surface area contributed by atoms with Crippen LogP contribution in [-0.4, -0.2) is 94.3 Å². The molecule has 2 aromatic heterocycles. The molecule has 0 spiro atoms. The second kappa shape index (κ2) is 12.0. The van der Waals surface area contributed by atoms with Gasteiger partial charge in [0.2, 0.25) is 11.1 Å². The molecule has 0 aromatic carbocycles. The quantitative estimate of drug-likeness (QED) is 0.108. The molecule has 212 valence electrons. The minimum atomic E-state index is -1.21. The number of carbonyl (C=O) groups excluding carboxylic acids is 2. The molecule has 0 bridgehead atoms. The predicted octanol–water partition coefficient (Wildman–Crippen LogP) is 0.990. The first kappa shape index (κ1) is 28.1. The number of nitrogens with two attached hydrogens (primary N) is 1. The number of rotatable bonds is 11. The smallest absolute Gasteiger partial charge is 0.313 e. The number of allylic oxidation sites excluding steroid dienone is 2. The van der Waals surface area contributed by atoms with E-state index in [0.29, 0.717) is 11.7 Å². The fraction of sp³-hybridized carbons (Fsp3) is 0.478. The van der Waals surface area contributed by atoms with Crippen molar-refractivity contribution in [3.8, 4) is 0 Å². The summed E-state index contributed by atoms with van der Waals surface area (Å²) in [5, 5.41) is 30.4. The number of nitrogen functional groups attached to an aromatic ring is 1. The Morgan fingerprint density at radius 3 is 3.00 bits per heavy atom. The number of nitrogens with one attached hydrogen (secondary N) is 1. The van der Waals surface area contributed by atoms with Crippen LogP contribution in [0.15, 0.2) is 40.5 Å². The van der Waals surface area contributed by atoms with E-state index < -0.39 is 28.7 Å². The van der Waals surface area contributed by atoms with Crippen LogP contribution in [0, 0.1) is 5.41 Å². The number of thiazole rings is 1. The van der Waals surface area contributed by atoms with Gasteiger partial charge in [0.15, 0.2) is 10.8 Å². The van der Waals surface area contributed by atoms with E-state index in [1.807, 2.05) is 12.2 Å². The molecule has 0 radical (unpaired) electrons. The van der Waals surface area contributed by atoms with Crippen LogP contribution in [-0.2, 0) is 25.8 Å². The number of carbonyl (C=O) groups is 3. The van der Waals surface area contributed by atoms with Crippen molar-refractivity contribution in [1.29, 1.82) is 0 Å². The van der Waals surface area contributed by atoms with E-state index in [2.05, 4.69) is 37.6 Å². The van der Waals surface area contributed by atoms with E-state index >= 15 is 0 Å². The van der Waals surface area contributed by atoms with Gasteiger partial charge >= 0.3 is 5.97 Å². The average molecular weight is 606 g/mol. The molecule has 4 heterocycles. The zero-order chi connectivity index (χ0) is 28.3. The van der Waals surface area contributed by atoms with Crippen LogP contribution in [0.5, 0.6) is 0 Å². The Hall–Kier alpha value is -3.44. The van der Waals surface area contributed by atoms with Gasteiger partial charge in [0.1, 0.15) is 28.6 Å². The van der Waals surface area contributed by atoms with Crippen LogP contribution in [0.1, 0.15) is 25.0 Å². The van der Waals surface area contributed by atoms with Gasteiger partial charge in [-0.2, -0.15) is 0 Å². The van der Waals surface area contributed by atoms with Crippen LogP contribution in [0.2, 0.25) is 0 Å². The highest BCUT2D eigenvalue weighted by molar-refractivity contribution is 8.00. The zero-order valence-corrected chi connectivity index (χ0v) is 23.7. The van der Waals surface area contributed by atoms with Crippen LogP contribution in [0.3, 0.4) is 0 Å². The number of thioether (sulfide) groups is 2. The first-order chi connectivity index (χ1) is 19.3. The van der Waals surface area contributed by atoms with Crippen molar-refractivity contribution in [1.82, 2.24) is 35.4 Å². The molecule has 3 aliphatic rings. The third-order valence-corrected chi connectivity index (χ3v) is 10.1. The van der Waals surface area contributed by atoms with Gasteiger partial charge in [-0.15, -0.1) is 34.8 Å². The summed E-state index contributed by atoms with van der Waals surface area (Å²) in [5.74, 6) is -1.61. The number of anilines is 1. The molecule has 40 heavy (non-hydrogen) atoms. The Morgan fingerprint density at radius 1 is 1.45 bits per heavy atom. The van der Waals surface area contributed by atoms with Crippen LogP contribution in [0.4, 0.5) is 5.13 Å². The molecule has 17 heteroatoms. The molecule has 2 saturated heterocycles. The van der Waals surface area contributed by atoms with Crippen molar-refractivity contribution in [2.45, 2.75) is 48.5 Å². The molecule has 14 nitrogen and oxygen atoms in total. The van der Waals surface area contributed by atoms with E-state index in [4.69, 9.17) is 10.6 Å². The third-order valence-electron chi connectivity index (χ3n) is 6.63. The molecular formula is C23H27N9O5S3. The van der Waals surface area contributed by atoms with E-state index in [9.17, 15) is 19.5 Å². The number of aromatic nitrogens is 5. The summed E-state index contributed by atoms with van der Waals surface area (Å²) in [5.41, 5.74) is 4.73. The Balaban J connectivity index is 1.25. The third kappa shape index (κ3) is 5.71. The predicted molar refractivity (Wildman–Crippen MR) is 150 cm³/mol. The number of hydrogen-bond acceptors (Lipinski definition) is 13. The lowest BCUT2D eigenvalue weighted by atomic mass is 9.89. The molecule has 0 saturated carbocycles. The lowest BCUT2D eigenvalue weighted by molar-refractivity contribution is -0.157. The monoisotopic (exact) mass is 605 g/mol. The average Bonchev–Trinajstić information content (AvgIpc) is 3.59. The maximum absolute atomic E-state index is 13.3. The summed E-state index contributed by atoms with van der Waals surface area (Å²) in [6.07, 6.45) is 7.98. The van der Waals surface area contributed by atoms with Gasteiger partial charge in [0, 0.05) is 23.4 Å². The minimum absolute atomic E-state index is 0.00190. The van der Waals surface area contributed by atoms with Gasteiger partial charge in [0.25, 0.3) is 5.91 Å². The lowest BCUT2D eigenvalue weighted by Crippen LogP contribution is -2.74. The number of amides is 2. The van der Waals surface area contributed by atoms with Gasteiger partial charge < -0.3 is 25.9 Å². The fourth-order valence-corrected chi connectivity index (χ4v) is 7.74. The summed E-state index contributed by atoms with van der Waals surface area (Å²) < 4.78 is 1.52. The van der Waals surface area contributed by atoms with Gasteiger partial charge in [0.05, 0.1) is 6.54 Å². The first-order valence-corrected chi connectivity index (χ1v) is 15.3. The second-order valence-corrected chi connectivity index (χ2v) is 12.4. The van der Waals surface area contributed by atoms with Crippen molar-refractivity contribution in [2.75, 3.05) is 23.8 Å². The highest BCUT2D eigenvalue weighted by Crippen LogP contribution is 2.44. The number of tetrazole rings is 1. The Kier molecular flexibility index (Phi) is 8.41. The summed E-state index contributed by atoms with van der Waals surface area (Å²) in [7, 11) is 0. The minimum Gasteiger partial charge on any atom is -0.481 e. The summed E-state index contributed by atoms with van der Waals surface area (Å²) >= 11 is 3.68. The van der Waals surface area contributed by atoms with Crippen LogP contribution < -0.4 is 11.1 Å². The number of hydrogen-bond donors (Lipinski definition) is 3. The van der Waals surface area contributed by atoms with E-state index in [1.54, 1.807) is 11.5 Å². The summed E-state index contributed by atoms with van der Waals surface area (Å²) in [4.78, 5) is 50.0. The topological polar surface area (TPSA) is 191 Å². The van der Waals surface area contributed by atoms with E-state index in [1.165, 1.54) is 33.1 Å². The maximum Gasteiger partial charge on any atom is 0.313 e. The highest BCUT2D eigenvalue weighted by Gasteiger charge is 2.57. The first-order valence-electron chi connectivity index (χ1n) is 12.4. The second-order valence-electron chi connectivity index (χ2n) is 9.44. The maximum atomic E-state index is 13.3. The van der Waals surface area contributed by atoms with Crippen LogP contribution in [0.25, 0.3) is 0 Å². The van der Waals surface area contributed by atoms with Crippen molar-refractivity contribution < 1.29 is 24.3 Å². The molecule has 1 aliphatic carbocycles. The number of nitrogens with zero attached hydrogens (tertiary/aromatic N) is 7. The molecular weight excluding hydrogens is 579 g/mol. The standard InChI is InChI=1S/C23H27N9O5S3/c1-2-8-32-22(27-29-30-32)40-12-23(20(35)36)10-31-18(34)16(19(31)39-11-23)26-17(33)15(14-9-38-21(24)25-14)28-37-13-6-4-3-5-7-13/h2,4,6,9,13,16,19H,1,3,5,7-8,10-12H2,(H2,24,25)(H,26,33)(H,35,36)/t13?,16?,19-,23?/m1/s1. The number of aliphatic carboxylic acids is 1. The van der Waals surface area contributed by atoms with Gasteiger partial charge in [-0.05, 0) is 35.8 Å². The largest absolute Gasteiger partial charge is 0.481 e. The molecule has 2 aromatic rings. The van der Waals surface area contributed by atoms with Crippen molar-refractivity contribution >= 4 is 63.5 Å². The van der Waals surface area contributed by atoms with Crippen molar-refractivity contribution in [2.24, 2.45) is 10.6 Å². The van der Waals surface area contributed by atoms with E-state index in [0.717, 1.165) is 30.6 Å². The zero-order valence-electron chi connectivity index (χ0n) is 21.2. The normalized spacial score (nSPS) is 26.1. The van der Waals surface area contributed by atoms with Crippen LogP contribution >= 0.6 is 34.9 Å². The number of β-lactam (4-membered cyclic amide) rings is 1. The van der Waals surface area contributed by atoms with Crippen molar-refractivity contribution in [3.05, 3.63) is 35.9 Å². The molecule has 4 atom stereocenters. The summed E-state index contributed by atoms with van der Waals surface area (Å²) in [6.45, 7) is 4.06. The Labute approximate surface area is 241 Å². The number of carboxylic acid groups (broad SMARTS) is 1. The summed E-state index contributed by atoms with van der Waals surface area (Å²) in [6, 6.07) is -0.840. The molecule has 2 aliphatic heterocycles. The SMILES string of the molecule is C=CCn1nnnc1SCC1(C(=O)O)CS[C@@H]2C(NC(=O)C(=NOC3C=CCCC3)c3csc(N)n3)C(=O)N2C1. The van der Waals surface area contributed by atoms with E-state index in [-0.39, 0.29) is 46.6 Å². The van der Waals surface area contributed by atoms with Gasteiger partial charge in [-0.25, -0.2) is 9.67 Å².